The summed E-state index contributed by atoms with van der Waals surface area (Å²) in [6.07, 6.45) is 1.42. The number of hydrogen-bond donors (Lipinski definition) is 0. The lowest BCUT2D eigenvalue weighted by Gasteiger charge is -2.11. The van der Waals surface area contributed by atoms with Crippen molar-refractivity contribution in [3.63, 3.8) is 0 Å². The van der Waals surface area contributed by atoms with Crippen molar-refractivity contribution in [1.29, 1.82) is 0 Å². The van der Waals surface area contributed by atoms with E-state index in [1.165, 1.54) is 22.6 Å². The third-order valence-electron chi connectivity index (χ3n) is 5.85. The number of hydrogen-bond acceptors (Lipinski definition) is 5. The Balaban J connectivity index is 1.63. The van der Waals surface area contributed by atoms with Gasteiger partial charge in [0.15, 0.2) is 9.84 Å². The van der Waals surface area contributed by atoms with Gasteiger partial charge in [-0.3, -0.25) is 4.40 Å². The van der Waals surface area contributed by atoms with Gasteiger partial charge >= 0.3 is 6.18 Å². The molecule has 0 saturated carbocycles. The normalized spacial score (nSPS) is 12.2. The molecule has 0 fully saturated rings. The molecule has 0 bridgehead atoms. The fourth-order valence-corrected chi connectivity index (χ4v) is 4.75. The number of benzene rings is 2. The van der Waals surface area contributed by atoms with E-state index < -0.39 is 21.6 Å². The van der Waals surface area contributed by atoms with E-state index in [1.54, 1.807) is 66.5 Å². The second kappa shape index (κ2) is 9.07. The number of ether oxygens (including phenoxy) is 1. The van der Waals surface area contributed by atoms with Crippen molar-refractivity contribution in [3.8, 4) is 22.8 Å². The summed E-state index contributed by atoms with van der Waals surface area (Å²) in [5.41, 5.74) is 0.440. The van der Waals surface area contributed by atoms with Crippen LogP contribution in [0.4, 0.5) is 13.2 Å². The molecular formula is C26H21F3N4O3S. The Morgan fingerprint density at radius 1 is 0.973 bits per heavy atom. The molecule has 0 unspecified atom stereocenters. The Bertz CT molecular complexity index is 1720. The molecule has 0 aliphatic carbocycles. The van der Waals surface area contributed by atoms with E-state index >= 15 is 0 Å². The molecule has 0 amide bonds. The van der Waals surface area contributed by atoms with E-state index in [0.717, 1.165) is 12.3 Å². The first-order valence-corrected chi connectivity index (χ1v) is 13.0. The van der Waals surface area contributed by atoms with Crippen molar-refractivity contribution in [1.82, 2.24) is 18.9 Å². The fourth-order valence-electron chi connectivity index (χ4n) is 4.10. The maximum absolute atomic E-state index is 13.8. The summed E-state index contributed by atoms with van der Waals surface area (Å²) in [6, 6.07) is 15.3. The van der Waals surface area contributed by atoms with Gasteiger partial charge in [0.1, 0.15) is 23.0 Å². The summed E-state index contributed by atoms with van der Waals surface area (Å²) in [6.45, 7) is 2.01. The van der Waals surface area contributed by atoms with Crippen molar-refractivity contribution in [2.75, 3.05) is 6.26 Å². The van der Waals surface area contributed by atoms with Gasteiger partial charge in [0.2, 0.25) is 0 Å². The molecule has 0 spiro atoms. The minimum atomic E-state index is -4.58. The first-order chi connectivity index (χ1) is 17.5. The zero-order valence-corrected chi connectivity index (χ0v) is 20.6. The van der Waals surface area contributed by atoms with Crippen LogP contribution in [0.3, 0.4) is 0 Å². The second-order valence-electron chi connectivity index (χ2n) is 8.50. The third-order valence-corrected chi connectivity index (χ3v) is 6.96. The Morgan fingerprint density at radius 3 is 2.38 bits per heavy atom. The highest BCUT2D eigenvalue weighted by atomic mass is 32.2. The molecule has 5 aromatic rings. The minimum Gasteiger partial charge on any atom is -0.457 e. The number of rotatable bonds is 6. The molecule has 0 aliphatic rings. The molecule has 3 aromatic heterocycles. The summed E-state index contributed by atoms with van der Waals surface area (Å²) in [4.78, 5) is 8.72. The average molecular weight is 527 g/mol. The summed E-state index contributed by atoms with van der Waals surface area (Å²) < 4.78 is 74.3. The lowest BCUT2D eigenvalue weighted by molar-refractivity contribution is -0.136. The van der Waals surface area contributed by atoms with Crippen LogP contribution in [0, 0.1) is 6.92 Å². The standard InChI is InChI=1S/C26H21F3N4O3S/c1-17-30-11-13-32(17)16-23-24(33-12-5-10-22(25(33)31-23)26(27,28)29)18-6-3-7-19(14-18)36-20-8-4-9-21(15-20)37(2,34)35/h3-15H,16H2,1-2H3. The zero-order valence-electron chi connectivity index (χ0n) is 19.8. The van der Waals surface area contributed by atoms with Crippen LogP contribution in [0.1, 0.15) is 17.1 Å². The summed E-state index contributed by atoms with van der Waals surface area (Å²) in [5, 5.41) is 0. The number of aromatic nitrogens is 4. The Labute approximate surface area is 210 Å². The van der Waals surface area contributed by atoms with Gasteiger partial charge in [-0.1, -0.05) is 18.2 Å². The van der Waals surface area contributed by atoms with E-state index in [-0.39, 0.29) is 17.1 Å². The monoisotopic (exact) mass is 526 g/mol. The number of sulfone groups is 1. The smallest absolute Gasteiger partial charge is 0.419 e. The number of fused-ring (bicyclic) bond motifs is 1. The topological polar surface area (TPSA) is 78.5 Å². The summed E-state index contributed by atoms with van der Waals surface area (Å²) in [5.74, 6) is 1.39. The van der Waals surface area contributed by atoms with Crippen LogP contribution in [-0.2, 0) is 22.6 Å². The highest BCUT2D eigenvalue weighted by Gasteiger charge is 2.34. The number of pyridine rings is 1. The van der Waals surface area contributed by atoms with Crippen LogP contribution in [0.25, 0.3) is 16.9 Å². The van der Waals surface area contributed by atoms with Gasteiger partial charge in [-0.25, -0.2) is 18.4 Å². The SMILES string of the molecule is Cc1nccn1Cc1nc2c(C(F)(F)F)cccn2c1-c1cccc(Oc2cccc(S(C)(=O)=O)c2)c1. The van der Waals surface area contributed by atoms with Crippen LogP contribution in [0.15, 0.2) is 84.1 Å². The van der Waals surface area contributed by atoms with E-state index in [4.69, 9.17) is 4.74 Å². The molecule has 2 aromatic carbocycles. The molecule has 3 heterocycles. The summed E-state index contributed by atoms with van der Waals surface area (Å²) >= 11 is 0. The molecule has 5 rings (SSSR count). The van der Waals surface area contributed by atoms with Crippen molar-refractivity contribution in [3.05, 3.63) is 96.3 Å². The molecule has 7 nitrogen and oxygen atoms in total. The maximum Gasteiger partial charge on any atom is 0.419 e. The van der Waals surface area contributed by atoms with Gasteiger partial charge in [-0.05, 0) is 49.4 Å². The van der Waals surface area contributed by atoms with E-state index in [9.17, 15) is 21.6 Å². The lowest BCUT2D eigenvalue weighted by atomic mass is 10.1. The predicted octanol–water partition coefficient (Wildman–Crippen LogP) is 5.77. The van der Waals surface area contributed by atoms with Gasteiger partial charge in [0, 0.05) is 30.4 Å². The van der Waals surface area contributed by atoms with Gasteiger partial charge in [-0.15, -0.1) is 0 Å². The highest BCUT2D eigenvalue weighted by Crippen LogP contribution is 2.36. The van der Waals surface area contributed by atoms with Crippen molar-refractivity contribution in [2.45, 2.75) is 24.5 Å². The molecule has 0 radical (unpaired) electrons. The van der Waals surface area contributed by atoms with Crippen molar-refractivity contribution >= 4 is 15.5 Å². The van der Waals surface area contributed by atoms with E-state index in [2.05, 4.69) is 9.97 Å². The van der Waals surface area contributed by atoms with Crippen molar-refractivity contribution < 1.29 is 26.3 Å². The van der Waals surface area contributed by atoms with Gasteiger partial charge < -0.3 is 9.30 Å². The molecule has 11 heteroatoms. The maximum atomic E-state index is 13.8. The van der Waals surface area contributed by atoms with E-state index in [0.29, 0.717) is 34.3 Å². The quantitative estimate of drug-likeness (QED) is 0.281. The average Bonchev–Trinajstić information content (AvgIpc) is 3.41. The summed E-state index contributed by atoms with van der Waals surface area (Å²) in [7, 11) is -3.43. The van der Waals surface area contributed by atoms with Crippen LogP contribution in [0.2, 0.25) is 0 Å². The molecule has 0 saturated heterocycles. The second-order valence-corrected chi connectivity index (χ2v) is 10.5. The van der Waals surface area contributed by atoms with Gasteiger partial charge in [0.25, 0.3) is 0 Å². The molecule has 0 atom stereocenters. The van der Waals surface area contributed by atoms with Crippen LogP contribution < -0.4 is 4.74 Å². The number of imidazole rings is 2. The Kier molecular flexibility index (Phi) is 6.03. The van der Waals surface area contributed by atoms with E-state index in [1.807, 2.05) is 0 Å². The van der Waals surface area contributed by atoms with Crippen molar-refractivity contribution in [2.24, 2.45) is 0 Å². The van der Waals surface area contributed by atoms with Gasteiger partial charge in [0.05, 0.1) is 28.4 Å². The highest BCUT2D eigenvalue weighted by molar-refractivity contribution is 7.90. The molecule has 0 aliphatic heterocycles. The Hall–Kier alpha value is -4.12. The molecule has 37 heavy (non-hydrogen) atoms. The minimum absolute atomic E-state index is 0.112. The van der Waals surface area contributed by atoms with Gasteiger partial charge in [-0.2, -0.15) is 13.2 Å². The first-order valence-electron chi connectivity index (χ1n) is 11.1. The number of nitrogens with zero attached hydrogens (tertiary/aromatic N) is 4. The Morgan fingerprint density at radius 2 is 1.70 bits per heavy atom. The zero-order chi connectivity index (χ0) is 26.4. The predicted molar refractivity (Wildman–Crippen MR) is 131 cm³/mol. The van der Waals surface area contributed by atoms with Crippen LogP contribution in [0.5, 0.6) is 11.5 Å². The first kappa shape index (κ1) is 24.6. The largest absolute Gasteiger partial charge is 0.457 e. The van der Waals surface area contributed by atoms with Crippen LogP contribution >= 0.6 is 0 Å². The fraction of sp³-hybridized carbons (Fsp3) is 0.154. The molecular weight excluding hydrogens is 505 g/mol. The molecule has 0 N–H and O–H groups in total. The molecule has 190 valence electrons. The number of halogens is 3. The van der Waals surface area contributed by atoms with Crippen LogP contribution in [-0.4, -0.2) is 33.6 Å². The number of aryl methyl sites for hydroxylation is 1. The number of alkyl halides is 3. The third kappa shape index (κ3) is 4.94. The lowest BCUT2D eigenvalue weighted by Crippen LogP contribution is -2.07.